The molecule has 0 radical (unpaired) electrons. The number of rotatable bonds is 5. The number of aromatic nitrogens is 1. The molecule has 0 bridgehead atoms. The van der Waals surface area contributed by atoms with Crippen LogP contribution in [-0.2, 0) is 0 Å². The summed E-state index contributed by atoms with van der Waals surface area (Å²) >= 11 is 7.60. The summed E-state index contributed by atoms with van der Waals surface area (Å²) in [5.41, 5.74) is 1.11. The molecule has 0 fully saturated rings. The number of carbonyl (C=O) groups excluding carboxylic acids is 1. The number of thioether (sulfide) groups is 1. The van der Waals surface area contributed by atoms with E-state index in [2.05, 4.69) is 16.9 Å². The van der Waals surface area contributed by atoms with Gasteiger partial charge in [0.2, 0.25) is 0 Å². The molecule has 1 aromatic heterocycles. The lowest BCUT2D eigenvalue weighted by molar-refractivity contribution is 0.102. The zero-order chi connectivity index (χ0) is 14.4. The summed E-state index contributed by atoms with van der Waals surface area (Å²) in [6.07, 6.45) is 4.82. The molecule has 3 nitrogen and oxygen atoms in total. The minimum Gasteiger partial charge on any atom is -0.321 e. The SMILES string of the molecule is C=CCSc1ccccc1NC(=O)c1cnccc1Cl. The molecular weight excluding hydrogens is 292 g/mol. The predicted octanol–water partition coefficient (Wildman–Crippen LogP) is 4.27. The van der Waals surface area contributed by atoms with E-state index >= 15 is 0 Å². The van der Waals surface area contributed by atoms with Crippen LogP contribution in [0.5, 0.6) is 0 Å². The Morgan fingerprint density at radius 1 is 1.40 bits per heavy atom. The van der Waals surface area contributed by atoms with E-state index in [0.717, 1.165) is 16.3 Å². The Balaban J connectivity index is 2.20. The molecule has 102 valence electrons. The number of nitrogens with one attached hydrogen (secondary N) is 1. The number of halogens is 1. The minimum atomic E-state index is -0.269. The van der Waals surface area contributed by atoms with Crippen molar-refractivity contribution >= 4 is 35.0 Å². The van der Waals surface area contributed by atoms with E-state index in [1.807, 2.05) is 30.3 Å². The molecule has 1 heterocycles. The maximum Gasteiger partial charge on any atom is 0.258 e. The van der Waals surface area contributed by atoms with Crippen molar-refractivity contribution < 1.29 is 4.79 Å². The molecule has 1 amide bonds. The first-order valence-corrected chi connectivity index (χ1v) is 7.32. The number of benzene rings is 1. The molecule has 2 aromatic rings. The second-order valence-electron chi connectivity index (χ2n) is 3.91. The van der Waals surface area contributed by atoms with Crippen LogP contribution in [0.1, 0.15) is 10.4 Å². The first kappa shape index (κ1) is 14.6. The Hall–Kier alpha value is -1.78. The molecule has 0 unspecified atom stereocenters. The van der Waals surface area contributed by atoms with E-state index in [0.29, 0.717) is 10.6 Å². The Morgan fingerprint density at radius 2 is 2.20 bits per heavy atom. The molecule has 0 aliphatic heterocycles. The van der Waals surface area contributed by atoms with Crippen molar-refractivity contribution in [3.8, 4) is 0 Å². The summed E-state index contributed by atoms with van der Waals surface area (Å²) in [6, 6.07) is 9.20. The third kappa shape index (κ3) is 3.62. The summed E-state index contributed by atoms with van der Waals surface area (Å²) in [4.78, 5) is 17.1. The van der Waals surface area contributed by atoms with Crippen LogP contribution in [0.4, 0.5) is 5.69 Å². The first-order chi connectivity index (χ1) is 9.72. The molecule has 0 aliphatic rings. The second kappa shape index (κ2) is 7.12. The third-order valence-corrected chi connectivity index (χ3v) is 3.90. The maximum atomic E-state index is 12.2. The van der Waals surface area contributed by atoms with E-state index in [-0.39, 0.29) is 5.91 Å². The number of hydrogen-bond acceptors (Lipinski definition) is 3. The standard InChI is InChI=1S/C15H13ClN2OS/c1-2-9-20-14-6-4-3-5-13(14)18-15(19)11-10-17-8-7-12(11)16/h2-8,10H,1,9H2,(H,18,19). The number of pyridine rings is 1. The van der Waals surface area contributed by atoms with Crippen LogP contribution >= 0.6 is 23.4 Å². The van der Waals surface area contributed by atoms with Gasteiger partial charge in [-0.1, -0.05) is 29.8 Å². The maximum absolute atomic E-state index is 12.2. The van der Waals surface area contributed by atoms with Gasteiger partial charge in [-0.05, 0) is 18.2 Å². The quantitative estimate of drug-likeness (QED) is 0.662. The molecule has 2 rings (SSSR count). The van der Waals surface area contributed by atoms with Crippen molar-refractivity contribution in [3.63, 3.8) is 0 Å². The van der Waals surface area contributed by atoms with Gasteiger partial charge in [-0.25, -0.2) is 0 Å². The van der Waals surface area contributed by atoms with Crippen molar-refractivity contribution in [3.05, 3.63) is 66.0 Å². The summed E-state index contributed by atoms with van der Waals surface area (Å²) in [5.74, 6) is 0.510. The summed E-state index contributed by atoms with van der Waals surface area (Å²) in [6.45, 7) is 3.69. The van der Waals surface area contributed by atoms with E-state index in [1.54, 1.807) is 24.0 Å². The number of nitrogens with zero attached hydrogens (tertiary/aromatic N) is 1. The van der Waals surface area contributed by atoms with E-state index in [4.69, 9.17) is 11.6 Å². The summed E-state index contributed by atoms with van der Waals surface area (Å²) in [7, 11) is 0. The number of para-hydroxylation sites is 1. The second-order valence-corrected chi connectivity index (χ2v) is 5.37. The molecular formula is C15H13ClN2OS. The van der Waals surface area contributed by atoms with E-state index in [1.165, 1.54) is 6.20 Å². The van der Waals surface area contributed by atoms with Crippen LogP contribution in [0, 0.1) is 0 Å². The predicted molar refractivity (Wildman–Crippen MR) is 84.6 cm³/mol. The van der Waals surface area contributed by atoms with Gasteiger partial charge in [-0.3, -0.25) is 9.78 Å². The summed E-state index contributed by atoms with van der Waals surface area (Å²) in [5, 5.41) is 3.24. The number of carbonyl (C=O) groups is 1. The fourth-order valence-electron chi connectivity index (χ4n) is 1.58. The summed E-state index contributed by atoms with van der Waals surface area (Å²) < 4.78 is 0. The van der Waals surface area contributed by atoms with E-state index < -0.39 is 0 Å². The van der Waals surface area contributed by atoms with Crippen LogP contribution in [0.15, 0.2) is 60.3 Å². The van der Waals surface area contributed by atoms with Crippen LogP contribution in [-0.4, -0.2) is 16.6 Å². The van der Waals surface area contributed by atoms with Gasteiger partial charge in [0.25, 0.3) is 5.91 Å². The van der Waals surface area contributed by atoms with Crippen LogP contribution in [0.3, 0.4) is 0 Å². The highest BCUT2D eigenvalue weighted by Gasteiger charge is 2.12. The smallest absolute Gasteiger partial charge is 0.258 e. The normalized spacial score (nSPS) is 10.1. The van der Waals surface area contributed by atoms with Gasteiger partial charge in [0.15, 0.2) is 0 Å². The lowest BCUT2D eigenvalue weighted by Gasteiger charge is -2.10. The molecule has 0 aliphatic carbocycles. The molecule has 5 heteroatoms. The van der Waals surface area contributed by atoms with Crippen molar-refractivity contribution in [1.29, 1.82) is 0 Å². The molecule has 1 N–H and O–H groups in total. The fourth-order valence-corrected chi connectivity index (χ4v) is 2.52. The zero-order valence-electron chi connectivity index (χ0n) is 10.7. The van der Waals surface area contributed by atoms with Crippen molar-refractivity contribution in [2.45, 2.75) is 4.90 Å². The first-order valence-electron chi connectivity index (χ1n) is 5.96. The number of hydrogen-bond donors (Lipinski definition) is 1. The van der Waals surface area contributed by atoms with Crippen LogP contribution in [0.2, 0.25) is 5.02 Å². The average Bonchev–Trinajstić information content (AvgIpc) is 2.46. The highest BCUT2D eigenvalue weighted by molar-refractivity contribution is 7.99. The molecule has 0 atom stereocenters. The van der Waals surface area contributed by atoms with Crippen LogP contribution in [0.25, 0.3) is 0 Å². The number of anilines is 1. The lowest BCUT2D eigenvalue weighted by Crippen LogP contribution is -2.13. The zero-order valence-corrected chi connectivity index (χ0v) is 12.2. The van der Waals surface area contributed by atoms with Crippen molar-refractivity contribution in [2.75, 3.05) is 11.1 Å². The third-order valence-electron chi connectivity index (χ3n) is 2.50. The van der Waals surface area contributed by atoms with Gasteiger partial charge < -0.3 is 5.32 Å². The minimum absolute atomic E-state index is 0.269. The largest absolute Gasteiger partial charge is 0.321 e. The van der Waals surface area contributed by atoms with Crippen LogP contribution < -0.4 is 5.32 Å². The van der Waals surface area contributed by atoms with Gasteiger partial charge in [0.1, 0.15) is 0 Å². The van der Waals surface area contributed by atoms with Crippen molar-refractivity contribution in [2.24, 2.45) is 0 Å². The molecule has 0 saturated heterocycles. The monoisotopic (exact) mass is 304 g/mol. The topological polar surface area (TPSA) is 42.0 Å². The highest BCUT2D eigenvalue weighted by atomic mass is 35.5. The Kier molecular flexibility index (Phi) is 5.21. The van der Waals surface area contributed by atoms with Gasteiger partial charge in [0.05, 0.1) is 16.3 Å². The van der Waals surface area contributed by atoms with Gasteiger partial charge in [0, 0.05) is 23.0 Å². The Labute approximate surface area is 127 Å². The van der Waals surface area contributed by atoms with E-state index in [9.17, 15) is 4.79 Å². The molecule has 20 heavy (non-hydrogen) atoms. The fraction of sp³-hybridized carbons (Fsp3) is 0.0667. The molecule has 0 spiro atoms. The average molecular weight is 305 g/mol. The molecule has 0 saturated carbocycles. The van der Waals surface area contributed by atoms with Gasteiger partial charge in [-0.15, -0.1) is 18.3 Å². The highest BCUT2D eigenvalue weighted by Crippen LogP contribution is 2.27. The molecule has 1 aromatic carbocycles. The van der Waals surface area contributed by atoms with Gasteiger partial charge >= 0.3 is 0 Å². The lowest BCUT2D eigenvalue weighted by atomic mass is 10.2. The Bertz CT molecular complexity index is 631. The van der Waals surface area contributed by atoms with Gasteiger partial charge in [-0.2, -0.15) is 0 Å². The number of amides is 1. The Morgan fingerprint density at radius 3 is 2.95 bits per heavy atom. The van der Waals surface area contributed by atoms with Crippen molar-refractivity contribution in [1.82, 2.24) is 4.98 Å².